The second-order valence-corrected chi connectivity index (χ2v) is 6.70. The third kappa shape index (κ3) is 3.32. The summed E-state index contributed by atoms with van der Waals surface area (Å²) in [6, 6.07) is 9.20. The van der Waals surface area contributed by atoms with E-state index in [4.69, 9.17) is 5.73 Å². The van der Waals surface area contributed by atoms with Crippen LogP contribution in [0, 0.1) is 5.92 Å². The topological polar surface area (TPSA) is 30.9 Å². The van der Waals surface area contributed by atoms with Crippen molar-refractivity contribution < 1.29 is 0 Å². The number of hydrogen-bond donors (Lipinski definition) is 1. The molecular formula is C19H28N2. The van der Waals surface area contributed by atoms with Crippen LogP contribution in [0.4, 0.5) is 0 Å². The second kappa shape index (κ2) is 6.65. The van der Waals surface area contributed by atoms with Gasteiger partial charge in [-0.1, -0.05) is 44.4 Å². The molecule has 2 aromatic rings. The minimum Gasteiger partial charge on any atom is -0.347 e. The Morgan fingerprint density at radius 2 is 2.00 bits per heavy atom. The van der Waals surface area contributed by atoms with E-state index < -0.39 is 0 Å². The van der Waals surface area contributed by atoms with Gasteiger partial charge in [-0.3, -0.25) is 0 Å². The van der Waals surface area contributed by atoms with Gasteiger partial charge in [-0.2, -0.15) is 0 Å². The van der Waals surface area contributed by atoms with Crippen molar-refractivity contribution in [3.05, 3.63) is 36.0 Å². The van der Waals surface area contributed by atoms with Crippen LogP contribution in [0.3, 0.4) is 0 Å². The predicted octanol–water partition coefficient (Wildman–Crippen LogP) is 4.50. The van der Waals surface area contributed by atoms with Crippen molar-refractivity contribution in [2.75, 3.05) is 0 Å². The highest BCUT2D eigenvalue weighted by atomic mass is 15.0. The van der Waals surface area contributed by atoms with Crippen LogP contribution in [0.5, 0.6) is 0 Å². The van der Waals surface area contributed by atoms with Crippen LogP contribution in [0.2, 0.25) is 0 Å². The molecule has 0 radical (unpaired) electrons. The van der Waals surface area contributed by atoms with Gasteiger partial charge >= 0.3 is 0 Å². The van der Waals surface area contributed by atoms with Crippen LogP contribution in [-0.2, 0) is 13.0 Å². The van der Waals surface area contributed by atoms with Crippen LogP contribution in [0.25, 0.3) is 10.9 Å². The van der Waals surface area contributed by atoms with E-state index in [-0.39, 0.29) is 6.04 Å². The largest absolute Gasteiger partial charge is 0.347 e. The van der Waals surface area contributed by atoms with Gasteiger partial charge in [0.15, 0.2) is 0 Å². The molecule has 1 atom stereocenters. The van der Waals surface area contributed by atoms with E-state index in [1.807, 2.05) is 0 Å². The van der Waals surface area contributed by atoms with E-state index in [1.54, 1.807) is 0 Å². The van der Waals surface area contributed by atoms with Crippen LogP contribution in [0.1, 0.15) is 51.0 Å². The number of nitrogens with two attached hydrogens (primary N) is 1. The summed E-state index contributed by atoms with van der Waals surface area (Å²) in [6.07, 6.45) is 11.4. The van der Waals surface area contributed by atoms with E-state index in [0.717, 1.165) is 18.8 Å². The molecule has 2 nitrogen and oxygen atoms in total. The molecule has 1 unspecified atom stereocenters. The third-order valence-electron chi connectivity index (χ3n) is 5.06. The Hall–Kier alpha value is -1.28. The summed E-state index contributed by atoms with van der Waals surface area (Å²) in [5.74, 6) is 0.863. The summed E-state index contributed by atoms with van der Waals surface area (Å²) in [5, 5.41) is 1.37. The SMILES string of the molecule is CCC(N)Cc1cccc2ccn(CC3CCCCC3)c12. The Kier molecular flexibility index (Phi) is 4.64. The monoisotopic (exact) mass is 284 g/mol. The average Bonchev–Trinajstić information content (AvgIpc) is 2.92. The molecule has 0 spiro atoms. The van der Waals surface area contributed by atoms with Crippen molar-refractivity contribution >= 4 is 10.9 Å². The molecular weight excluding hydrogens is 256 g/mol. The fourth-order valence-electron chi connectivity index (χ4n) is 3.73. The molecule has 0 saturated heterocycles. The highest BCUT2D eigenvalue weighted by Crippen LogP contribution is 2.28. The lowest BCUT2D eigenvalue weighted by Gasteiger charge is -2.23. The molecule has 114 valence electrons. The maximum absolute atomic E-state index is 6.19. The molecule has 1 aliphatic rings. The predicted molar refractivity (Wildman–Crippen MR) is 90.5 cm³/mol. The molecule has 1 aliphatic carbocycles. The van der Waals surface area contributed by atoms with Crippen LogP contribution >= 0.6 is 0 Å². The molecule has 1 saturated carbocycles. The van der Waals surface area contributed by atoms with Crippen molar-refractivity contribution in [2.45, 2.75) is 64.5 Å². The van der Waals surface area contributed by atoms with Gasteiger partial charge in [0, 0.05) is 18.8 Å². The number of hydrogen-bond acceptors (Lipinski definition) is 1. The van der Waals surface area contributed by atoms with Gasteiger partial charge in [0.05, 0.1) is 5.52 Å². The molecule has 2 heteroatoms. The zero-order chi connectivity index (χ0) is 14.7. The van der Waals surface area contributed by atoms with Gasteiger partial charge in [0.25, 0.3) is 0 Å². The zero-order valence-corrected chi connectivity index (χ0v) is 13.2. The lowest BCUT2D eigenvalue weighted by Crippen LogP contribution is -2.22. The summed E-state index contributed by atoms with van der Waals surface area (Å²) in [4.78, 5) is 0. The van der Waals surface area contributed by atoms with E-state index >= 15 is 0 Å². The molecule has 1 heterocycles. The van der Waals surface area contributed by atoms with Gasteiger partial charge in [-0.25, -0.2) is 0 Å². The van der Waals surface area contributed by atoms with Crippen molar-refractivity contribution in [3.63, 3.8) is 0 Å². The molecule has 1 aromatic heterocycles. The van der Waals surface area contributed by atoms with Crippen molar-refractivity contribution in [2.24, 2.45) is 11.7 Å². The van der Waals surface area contributed by atoms with Crippen LogP contribution in [0.15, 0.2) is 30.5 Å². The first-order valence-electron chi connectivity index (χ1n) is 8.60. The smallest absolute Gasteiger partial charge is 0.0513 e. The minimum atomic E-state index is 0.272. The Morgan fingerprint density at radius 1 is 1.19 bits per heavy atom. The van der Waals surface area contributed by atoms with Crippen LogP contribution < -0.4 is 5.73 Å². The Balaban J connectivity index is 1.87. The molecule has 0 aliphatic heterocycles. The van der Waals surface area contributed by atoms with E-state index in [0.29, 0.717) is 0 Å². The summed E-state index contributed by atoms with van der Waals surface area (Å²) in [7, 11) is 0. The highest BCUT2D eigenvalue weighted by Gasteiger charge is 2.16. The van der Waals surface area contributed by atoms with Gasteiger partial charge < -0.3 is 10.3 Å². The minimum absolute atomic E-state index is 0.272. The highest BCUT2D eigenvalue weighted by molar-refractivity contribution is 5.83. The fraction of sp³-hybridized carbons (Fsp3) is 0.579. The average molecular weight is 284 g/mol. The van der Waals surface area contributed by atoms with Gasteiger partial charge in [-0.05, 0) is 48.6 Å². The number of rotatable bonds is 5. The summed E-state index contributed by atoms with van der Waals surface area (Å²) >= 11 is 0. The molecule has 1 fully saturated rings. The maximum atomic E-state index is 6.19. The maximum Gasteiger partial charge on any atom is 0.0513 e. The Bertz CT molecular complexity index is 578. The van der Waals surface area contributed by atoms with Gasteiger partial charge in [-0.15, -0.1) is 0 Å². The Morgan fingerprint density at radius 3 is 2.76 bits per heavy atom. The molecule has 0 bridgehead atoms. The normalized spacial score (nSPS) is 18.2. The standard InChI is InChI=1S/C19H28N2/c1-2-18(20)13-17-10-6-9-16-11-12-21(19(16)17)14-15-7-4-3-5-8-15/h6,9-12,15,18H,2-5,7-8,13-14,20H2,1H3. The number of nitrogens with zero attached hydrogens (tertiary/aromatic N) is 1. The second-order valence-electron chi connectivity index (χ2n) is 6.70. The molecule has 2 N–H and O–H groups in total. The van der Waals surface area contributed by atoms with Crippen molar-refractivity contribution in [3.8, 4) is 0 Å². The van der Waals surface area contributed by atoms with Crippen molar-refractivity contribution in [1.82, 2.24) is 4.57 Å². The van der Waals surface area contributed by atoms with E-state index in [9.17, 15) is 0 Å². The first-order valence-corrected chi connectivity index (χ1v) is 8.60. The number of fused-ring (bicyclic) bond motifs is 1. The first-order chi connectivity index (χ1) is 10.3. The third-order valence-corrected chi connectivity index (χ3v) is 5.06. The number of benzene rings is 1. The first kappa shape index (κ1) is 14.6. The summed E-state index contributed by atoms with van der Waals surface area (Å²) < 4.78 is 2.49. The lowest BCUT2D eigenvalue weighted by molar-refractivity contribution is 0.322. The quantitative estimate of drug-likeness (QED) is 0.861. The fourth-order valence-corrected chi connectivity index (χ4v) is 3.73. The zero-order valence-electron chi connectivity index (χ0n) is 13.2. The summed E-state index contributed by atoms with van der Waals surface area (Å²) in [6.45, 7) is 3.35. The van der Waals surface area contributed by atoms with Crippen LogP contribution in [-0.4, -0.2) is 10.6 Å². The molecule has 1 aromatic carbocycles. The van der Waals surface area contributed by atoms with Gasteiger partial charge in [0.1, 0.15) is 0 Å². The number of aromatic nitrogens is 1. The summed E-state index contributed by atoms with van der Waals surface area (Å²) in [5.41, 5.74) is 9.03. The lowest BCUT2D eigenvalue weighted by atomic mass is 9.89. The molecule has 0 amide bonds. The number of para-hydroxylation sites is 1. The van der Waals surface area contributed by atoms with Gasteiger partial charge in [0.2, 0.25) is 0 Å². The molecule has 3 rings (SSSR count). The van der Waals surface area contributed by atoms with E-state index in [2.05, 4.69) is 42.0 Å². The van der Waals surface area contributed by atoms with Crippen molar-refractivity contribution in [1.29, 1.82) is 0 Å². The Labute approximate surface area is 128 Å². The van der Waals surface area contributed by atoms with E-state index in [1.165, 1.54) is 55.1 Å². The molecule has 21 heavy (non-hydrogen) atoms.